The molecule has 0 saturated carbocycles. The molecule has 1 N–H and O–H groups in total. The number of ether oxygens (including phenoxy) is 1. The van der Waals surface area contributed by atoms with Crippen LogP contribution in [0.5, 0.6) is 0 Å². The van der Waals surface area contributed by atoms with E-state index in [0.29, 0.717) is 31.2 Å². The van der Waals surface area contributed by atoms with Crippen LogP contribution in [0.2, 0.25) is 0 Å². The minimum atomic E-state index is -0.425. The van der Waals surface area contributed by atoms with Gasteiger partial charge in [0, 0.05) is 18.0 Å². The minimum absolute atomic E-state index is 0.303. The van der Waals surface area contributed by atoms with Crippen LogP contribution in [0.25, 0.3) is 0 Å². The van der Waals surface area contributed by atoms with Crippen LogP contribution in [0.1, 0.15) is 10.4 Å². The molecule has 5 heteroatoms. The predicted molar refractivity (Wildman–Crippen MR) is 60.3 cm³/mol. The van der Waals surface area contributed by atoms with Crippen LogP contribution in [-0.2, 0) is 4.74 Å². The highest BCUT2D eigenvalue weighted by Gasteiger charge is 2.04. The molecule has 0 aromatic heterocycles. The van der Waals surface area contributed by atoms with E-state index in [2.05, 4.69) is 5.32 Å². The van der Waals surface area contributed by atoms with Gasteiger partial charge in [-0.15, -0.1) is 11.6 Å². The monoisotopic (exact) mass is 245 g/mol. The fourth-order valence-corrected chi connectivity index (χ4v) is 1.23. The molecule has 88 valence electrons. The van der Waals surface area contributed by atoms with E-state index in [1.165, 1.54) is 18.2 Å². The van der Waals surface area contributed by atoms with E-state index in [-0.39, 0.29) is 5.91 Å². The number of alkyl halides is 1. The topological polar surface area (TPSA) is 38.3 Å². The van der Waals surface area contributed by atoms with Crippen molar-refractivity contribution in [2.45, 2.75) is 0 Å². The first-order valence-corrected chi connectivity index (χ1v) is 5.45. The van der Waals surface area contributed by atoms with Crippen LogP contribution >= 0.6 is 11.6 Å². The second kappa shape index (κ2) is 7.19. The zero-order valence-corrected chi connectivity index (χ0v) is 9.47. The van der Waals surface area contributed by atoms with E-state index >= 15 is 0 Å². The molecule has 0 fully saturated rings. The molecule has 0 aliphatic rings. The Kier molecular flexibility index (Phi) is 5.82. The van der Waals surface area contributed by atoms with E-state index < -0.39 is 5.82 Å². The van der Waals surface area contributed by atoms with Crippen molar-refractivity contribution in [3.8, 4) is 0 Å². The van der Waals surface area contributed by atoms with Gasteiger partial charge < -0.3 is 10.1 Å². The van der Waals surface area contributed by atoms with Crippen LogP contribution in [0.3, 0.4) is 0 Å². The molecule has 0 radical (unpaired) electrons. The smallest absolute Gasteiger partial charge is 0.251 e. The first-order chi connectivity index (χ1) is 7.74. The van der Waals surface area contributed by atoms with Gasteiger partial charge in [-0.25, -0.2) is 4.39 Å². The quantitative estimate of drug-likeness (QED) is 0.613. The summed E-state index contributed by atoms with van der Waals surface area (Å²) in [5.41, 5.74) is 0.303. The number of hydrogen-bond acceptors (Lipinski definition) is 2. The van der Waals surface area contributed by atoms with Crippen molar-refractivity contribution in [2.75, 3.05) is 25.6 Å². The summed E-state index contributed by atoms with van der Waals surface area (Å²) in [4.78, 5) is 11.5. The lowest BCUT2D eigenvalue weighted by molar-refractivity contribution is 0.0923. The molecule has 1 rings (SSSR count). The van der Waals surface area contributed by atoms with Gasteiger partial charge in [0.15, 0.2) is 0 Å². The third-order valence-electron chi connectivity index (χ3n) is 1.84. The van der Waals surface area contributed by atoms with Crippen LogP contribution < -0.4 is 5.32 Å². The summed E-state index contributed by atoms with van der Waals surface area (Å²) in [6.07, 6.45) is 0. The summed E-state index contributed by atoms with van der Waals surface area (Å²) in [6, 6.07) is 5.53. The van der Waals surface area contributed by atoms with E-state index in [0.717, 1.165) is 0 Å². The molecule has 0 aliphatic heterocycles. The largest absolute Gasteiger partial charge is 0.378 e. The molecule has 3 nitrogen and oxygen atoms in total. The molecule has 0 spiro atoms. The van der Waals surface area contributed by atoms with Crippen molar-refractivity contribution >= 4 is 17.5 Å². The number of amides is 1. The van der Waals surface area contributed by atoms with E-state index in [1.807, 2.05) is 0 Å². The van der Waals surface area contributed by atoms with E-state index in [1.54, 1.807) is 6.07 Å². The summed E-state index contributed by atoms with van der Waals surface area (Å²) in [7, 11) is 0. The zero-order valence-electron chi connectivity index (χ0n) is 8.71. The van der Waals surface area contributed by atoms with Crippen molar-refractivity contribution in [1.82, 2.24) is 5.32 Å². The van der Waals surface area contributed by atoms with Crippen molar-refractivity contribution in [3.05, 3.63) is 35.6 Å². The lowest BCUT2D eigenvalue weighted by Gasteiger charge is -2.05. The van der Waals surface area contributed by atoms with Crippen LogP contribution in [-0.4, -0.2) is 31.5 Å². The van der Waals surface area contributed by atoms with Crippen LogP contribution in [0.4, 0.5) is 4.39 Å². The molecule has 0 unspecified atom stereocenters. The number of rotatable bonds is 6. The Hall–Kier alpha value is -1.13. The highest BCUT2D eigenvalue weighted by Crippen LogP contribution is 2.02. The number of benzene rings is 1. The van der Waals surface area contributed by atoms with Gasteiger partial charge in [0.25, 0.3) is 5.91 Å². The molecule has 0 atom stereocenters. The maximum Gasteiger partial charge on any atom is 0.251 e. The van der Waals surface area contributed by atoms with Gasteiger partial charge in [-0.05, 0) is 18.2 Å². The highest BCUT2D eigenvalue weighted by molar-refractivity contribution is 6.17. The first-order valence-electron chi connectivity index (χ1n) is 4.91. The van der Waals surface area contributed by atoms with Crippen molar-refractivity contribution in [2.24, 2.45) is 0 Å². The Morgan fingerprint density at radius 2 is 2.25 bits per heavy atom. The van der Waals surface area contributed by atoms with Crippen molar-refractivity contribution in [3.63, 3.8) is 0 Å². The normalized spacial score (nSPS) is 10.1. The van der Waals surface area contributed by atoms with Gasteiger partial charge in [-0.1, -0.05) is 6.07 Å². The van der Waals surface area contributed by atoms with Gasteiger partial charge in [0.2, 0.25) is 0 Å². The second-order valence-electron chi connectivity index (χ2n) is 3.07. The Balaban J connectivity index is 2.30. The molecule has 0 bridgehead atoms. The maximum absolute atomic E-state index is 12.8. The van der Waals surface area contributed by atoms with Gasteiger partial charge in [0.05, 0.1) is 13.2 Å². The van der Waals surface area contributed by atoms with E-state index in [4.69, 9.17) is 16.3 Å². The van der Waals surface area contributed by atoms with E-state index in [9.17, 15) is 9.18 Å². The highest BCUT2D eigenvalue weighted by atomic mass is 35.5. The third-order valence-corrected chi connectivity index (χ3v) is 1.99. The third kappa shape index (κ3) is 4.59. The number of nitrogens with one attached hydrogen (secondary N) is 1. The standard InChI is InChI=1S/C11H13ClFNO2/c12-4-6-16-7-5-14-11(15)9-2-1-3-10(13)8-9/h1-3,8H,4-7H2,(H,14,15). The average molecular weight is 246 g/mol. The van der Waals surface area contributed by atoms with Crippen molar-refractivity contribution in [1.29, 1.82) is 0 Å². The lowest BCUT2D eigenvalue weighted by atomic mass is 10.2. The SMILES string of the molecule is O=C(NCCOCCCl)c1cccc(F)c1. The summed E-state index contributed by atoms with van der Waals surface area (Å²) in [6.45, 7) is 1.23. The second-order valence-corrected chi connectivity index (χ2v) is 3.45. The number of carbonyl (C=O) groups is 1. The Bertz CT molecular complexity index is 347. The summed E-state index contributed by atoms with van der Waals surface area (Å²) in [5.74, 6) is -0.308. The van der Waals surface area contributed by atoms with Crippen LogP contribution in [0, 0.1) is 5.82 Å². The fraction of sp³-hybridized carbons (Fsp3) is 0.364. The average Bonchev–Trinajstić information content (AvgIpc) is 2.28. The molecule has 0 heterocycles. The first kappa shape index (κ1) is 12.9. The molecule has 1 aromatic carbocycles. The Morgan fingerprint density at radius 1 is 1.44 bits per heavy atom. The van der Waals surface area contributed by atoms with Gasteiger partial charge in [-0.3, -0.25) is 4.79 Å². The maximum atomic E-state index is 12.8. The molecule has 1 aromatic rings. The fourth-order valence-electron chi connectivity index (χ4n) is 1.13. The molecule has 1 amide bonds. The summed E-state index contributed by atoms with van der Waals surface area (Å²) < 4.78 is 17.9. The number of hydrogen-bond donors (Lipinski definition) is 1. The van der Waals surface area contributed by atoms with Crippen LogP contribution in [0.15, 0.2) is 24.3 Å². The van der Waals surface area contributed by atoms with Gasteiger partial charge in [-0.2, -0.15) is 0 Å². The molecular weight excluding hydrogens is 233 g/mol. The Labute approximate surface area is 98.5 Å². The molecule has 0 aliphatic carbocycles. The molecular formula is C11H13ClFNO2. The Morgan fingerprint density at radius 3 is 2.94 bits per heavy atom. The predicted octanol–water partition coefficient (Wildman–Crippen LogP) is 1.81. The summed E-state index contributed by atoms with van der Waals surface area (Å²) >= 11 is 5.40. The molecule has 0 saturated heterocycles. The molecule has 16 heavy (non-hydrogen) atoms. The van der Waals surface area contributed by atoms with Gasteiger partial charge >= 0.3 is 0 Å². The van der Waals surface area contributed by atoms with Crippen molar-refractivity contribution < 1.29 is 13.9 Å². The lowest BCUT2D eigenvalue weighted by Crippen LogP contribution is -2.27. The summed E-state index contributed by atoms with van der Waals surface area (Å²) in [5, 5.41) is 2.61. The number of halogens is 2. The number of carbonyl (C=O) groups excluding carboxylic acids is 1. The minimum Gasteiger partial charge on any atom is -0.378 e. The van der Waals surface area contributed by atoms with Gasteiger partial charge in [0.1, 0.15) is 5.82 Å². The zero-order chi connectivity index (χ0) is 11.8.